The van der Waals surface area contributed by atoms with Crippen molar-refractivity contribution in [1.29, 1.82) is 0 Å². The molecule has 0 saturated carbocycles. The van der Waals surface area contributed by atoms with E-state index in [0.717, 1.165) is 32.5 Å². The maximum absolute atomic E-state index is 8.36. The van der Waals surface area contributed by atoms with E-state index in [-0.39, 0.29) is 6.61 Å². The summed E-state index contributed by atoms with van der Waals surface area (Å²) >= 11 is 0. The van der Waals surface area contributed by atoms with Gasteiger partial charge in [0.25, 0.3) is 0 Å². The van der Waals surface area contributed by atoms with Gasteiger partial charge in [-0.05, 0) is 19.3 Å². The molecular formula is C8H18O3. The monoisotopic (exact) mass is 162 g/mol. The Morgan fingerprint density at radius 1 is 1.00 bits per heavy atom. The Morgan fingerprint density at radius 2 is 1.73 bits per heavy atom. The van der Waals surface area contributed by atoms with Crippen molar-refractivity contribution in [1.82, 2.24) is 0 Å². The van der Waals surface area contributed by atoms with Crippen LogP contribution in [-0.4, -0.2) is 38.6 Å². The molecule has 68 valence electrons. The first kappa shape index (κ1) is 10.9. The van der Waals surface area contributed by atoms with Gasteiger partial charge in [-0.25, -0.2) is 0 Å². The Labute approximate surface area is 68.3 Å². The van der Waals surface area contributed by atoms with Crippen molar-refractivity contribution >= 4 is 0 Å². The van der Waals surface area contributed by atoms with Crippen molar-refractivity contribution in [2.75, 3.05) is 33.5 Å². The quantitative estimate of drug-likeness (QED) is 0.537. The van der Waals surface area contributed by atoms with Gasteiger partial charge in [0.2, 0.25) is 0 Å². The number of hydrogen-bond donors (Lipinski definition) is 1. The lowest BCUT2D eigenvalue weighted by molar-refractivity contribution is 0.0881. The summed E-state index contributed by atoms with van der Waals surface area (Å²) < 4.78 is 9.96. The van der Waals surface area contributed by atoms with Crippen molar-refractivity contribution in [2.45, 2.75) is 19.3 Å². The standard InChI is InChI=1S/C8H18O3/c1-10-6-3-2-4-7-11-8-5-9/h9H,2-8H2,1H3. The van der Waals surface area contributed by atoms with E-state index < -0.39 is 0 Å². The fraction of sp³-hybridized carbons (Fsp3) is 1.00. The first-order chi connectivity index (χ1) is 5.41. The molecule has 0 bridgehead atoms. The first-order valence-electron chi connectivity index (χ1n) is 4.09. The molecule has 0 amide bonds. The lowest BCUT2D eigenvalue weighted by atomic mass is 10.2. The molecule has 0 radical (unpaired) electrons. The summed E-state index contributed by atoms with van der Waals surface area (Å²) in [7, 11) is 1.71. The fourth-order valence-electron chi connectivity index (χ4n) is 0.794. The summed E-state index contributed by atoms with van der Waals surface area (Å²) in [6, 6.07) is 0. The zero-order chi connectivity index (χ0) is 8.36. The number of aliphatic hydroxyl groups excluding tert-OH is 1. The minimum atomic E-state index is 0.123. The van der Waals surface area contributed by atoms with E-state index >= 15 is 0 Å². The number of aliphatic hydroxyl groups is 1. The van der Waals surface area contributed by atoms with E-state index in [1.54, 1.807) is 7.11 Å². The molecule has 0 heterocycles. The number of rotatable bonds is 8. The number of unbranched alkanes of at least 4 members (excludes halogenated alkanes) is 2. The molecule has 0 aliphatic heterocycles. The van der Waals surface area contributed by atoms with Crippen molar-refractivity contribution in [3.63, 3.8) is 0 Å². The molecule has 0 unspecified atom stereocenters. The average molecular weight is 162 g/mol. The summed E-state index contributed by atoms with van der Waals surface area (Å²) in [6.45, 7) is 2.17. The molecule has 1 N–H and O–H groups in total. The van der Waals surface area contributed by atoms with Gasteiger partial charge in [0, 0.05) is 20.3 Å². The van der Waals surface area contributed by atoms with E-state index in [9.17, 15) is 0 Å². The Bertz CT molecular complexity index is 58.4. The topological polar surface area (TPSA) is 38.7 Å². The van der Waals surface area contributed by atoms with Crippen LogP contribution in [0.4, 0.5) is 0 Å². The van der Waals surface area contributed by atoms with Gasteiger partial charge in [-0.15, -0.1) is 0 Å². The van der Waals surface area contributed by atoms with Crippen LogP contribution in [0.25, 0.3) is 0 Å². The van der Waals surface area contributed by atoms with Gasteiger partial charge in [0.15, 0.2) is 0 Å². The minimum absolute atomic E-state index is 0.123. The van der Waals surface area contributed by atoms with E-state index in [0.29, 0.717) is 6.61 Å². The van der Waals surface area contributed by atoms with Gasteiger partial charge >= 0.3 is 0 Å². The highest BCUT2D eigenvalue weighted by Gasteiger charge is 1.88. The number of ether oxygens (including phenoxy) is 2. The van der Waals surface area contributed by atoms with Crippen LogP contribution in [0.1, 0.15) is 19.3 Å². The third-order valence-electron chi connectivity index (χ3n) is 1.37. The molecule has 0 aliphatic rings. The van der Waals surface area contributed by atoms with Crippen molar-refractivity contribution in [2.24, 2.45) is 0 Å². The molecule has 11 heavy (non-hydrogen) atoms. The highest BCUT2D eigenvalue weighted by atomic mass is 16.5. The van der Waals surface area contributed by atoms with Gasteiger partial charge in [0.1, 0.15) is 0 Å². The van der Waals surface area contributed by atoms with Crippen molar-refractivity contribution < 1.29 is 14.6 Å². The van der Waals surface area contributed by atoms with E-state index in [2.05, 4.69) is 0 Å². The van der Waals surface area contributed by atoms with Crippen LogP contribution in [-0.2, 0) is 9.47 Å². The molecule has 0 rings (SSSR count). The summed E-state index contributed by atoms with van der Waals surface area (Å²) in [6.07, 6.45) is 3.29. The van der Waals surface area contributed by atoms with Crippen LogP contribution in [0, 0.1) is 0 Å². The van der Waals surface area contributed by atoms with Crippen molar-refractivity contribution in [3.8, 4) is 0 Å². The second-order valence-corrected chi connectivity index (χ2v) is 2.39. The van der Waals surface area contributed by atoms with Crippen LogP contribution in [0.2, 0.25) is 0 Å². The average Bonchev–Trinajstić information content (AvgIpc) is 2.03. The predicted molar refractivity (Wildman–Crippen MR) is 43.6 cm³/mol. The third kappa shape index (κ3) is 9.88. The van der Waals surface area contributed by atoms with Gasteiger partial charge < -0.3 is 14.6 Å². The summed E-state index contributed by atoms with van der Waals surface area (Å²) in [5, 5.41) is 8.36. The van der Waals surface area contributed by atoms with E-state index in [1.165, 1.54) is 0 Å². The third-order valence-corrected chi connectivity index (χ3v) is 1.37. The number of hydrogen-bond acceptors (Lipinski definition) is 3. The van der Waals surface area contributed by atoms with Crippen LogP contribution < -0.4 is 0 Å². The Balaban J connectivity index is 2.69. The molecule has 3 heteroatoms. The molecule has 0 spiro atoms. The van der Waals surface area contributed by atoms with Crippen LogP contribution >= 0.6 is 0 Å². The maximum atomic E-state index is 8.36. The molecule has 0 atom stereocenters. The van der Waals surface area contributed by atoms with Gasteiger partial charge in [-0.3, -0.25) is 0 Å². The van der Waals surface area contributed by atoms with Crippen LogP contribution in [0.15, 0.2) is 0 Å². The molecule has 3 nitrogen and oxygen atoms in total. The molecule has 0 aromatic rings. The SMILES string of the molecule is COCCCCCOCCO. The zero-order valence-electron chi connectivity index (χ0n) is 7.21. The predicted octanol–water partition coefficient (Wildman–Crippen LogP) is 0.812. The smallest absolute Gasteiger partial charge is 0.0697 e. The molecule has 0 aromatic carbocycles. The normalized spacial score (nSPS) is 10.4. The van der Waals surface area contributed by atoms with Gasteiger partial charge in [0.05, 0.1) is 13.2 Å². The summed E-state index contributed by atoms with van der Waals surface area (Å²) in [5.74, 6) is 0. The van der Waals surface area contributed by atoms with Crippen molar-refractivity contribution in [3.05, 3.63) is 0 Å². The van der Waals surface area contributed by atoms with E-state index in [4.69, 9.17) is 14.6 Å². The molecule has 0 saturated heterocycles. The van der Waals surface area contributed by atoms with E-state index in [1.807, 2.05) is 0 Å². The lowest BCUT2D eigenvalue weighted by Gasteiger charge is -2.01. The van der Waals surface area contributed by atoms with Gasteiger partial charge in [-0.1, -0.05) is 0 Å². The lowest BCUT2D eigenvalue weighted by Crippen LogP contribution is -2.00. The second-order valence-electron chi connectivity index (χ2n) is 2.39. The van der Waals surface area contributed by atoms with Gasteiger partial charge in [-0.2, -0.15) is 0 Å². The Hall–Kier alpha value is -0.120. The highest BCUT2D eigenvalue weighted by Crippen LogP contribution is 1.95. The minimum Gasteiger partial charge on any atom is -0.394 e. The van der Waals surface area contributed by atoms with Crippen LogP contribution in [0.3, 0.4) is 0 Å². The second kappa shape index (κ2) is 9.88. The zero-order valence-corrected chi connectivity index (χ0v) is 7.21. The van der Waals surface area contributed by atoms with Crippen LogP contribution in [0.5, 0.6) is 0 Å². The Kier molecular flexibility index (Phi) is 9.77. The molecule has 0 aromatic heterocycles. The molecule has 0 fully saturated rings. The Morgan fingerprint density at radius 3 is 2.36 bits per heavy atom. The first-order valence-corrected chi connectivity index (χ1v) is 4.09. The maximum Gasteiger partial charge on any atom is 0.0697 e. The number of methoxy groups -OCH3 is 1. The summed E-state index contributed by atoms with van der Waals surface area (Å²) in [4.78, 5) is 0. The highest BCUT2D eigenvalue weighted by molar-refractivity contribution is 4.39. The fourth-order valence-corrected chi connectivity index (χ4v) is 0.794. The molecule has 0 aliphatic carbocycles. The largest absolute Gasteiger partial charge is 0.394 e. The molecular weight excluding hydrogens is 144 g/mol. The summed E-state index contributed by atoms with van der Waals surface area (Å²) in [5.41, 5.74) is 0.